The molecular formula is C10H10N4O2S. The Kier molecular flexibility index (Phi) is 3.22. The number of nitro benzene ring substituents is 1. The van der Waals surface area contributed by atoms with Gasteiger partial charge in [-0.2, -0.15) is 11.3 Å². The summed E-state index contributed by atoms with van der Waals surface area (Å²) >= 11 is 1.51. The molecule has 0 spiro atoms. The van der Waals surface area contributed by atoms with Gasteiger partial charge in [0.05, 0.1) is 4.92 Å². The number of nitrogens with one attached hydrogen (secondary N) is 2. The van der Waals surface area contributed by atoms with Gasteiger partial charge in [-0.05, 0) is 23.6 Å². The highest BCUT2D eigenvalue weighted by Crippen LogP contribution is 2.34. The van der Waals surface area contributed by atoms with E-state index in [1.807, 2.05) is 16.8 Å². The van der Waals surface area contributed by atoms with E-state index in [-0.39, 0.29) is 11.4 Å². The van der Waals surface area contributed by atoms with Crippen molar-refractivity contribution in [3.63, 3.8) is 0 Å². The number of para-hydroxylation sites is 1. The number of rotatable bonds is 4. The molecular weight excluding hydrogens is 240 g/mol. The smallest absolute Gasteiger partial charge is 0.316 e. The second-order valence-corrected chi connectivity index (χ2v) is 4.02. The Morgan fingerprint density at radius 2 is 2.06 bits per heavy atom. The molecule has 0 bridgehead atoms. The van der Waals surface area contributed by atoms with E-state index in [1.54, 1.807) is 18.2 Å². The van der Waals surface area contributed by atoms with Crippen LogP contribution in [0, 0.1) is 10.1 Å². The largest absolute Gasteiger partial charge is 0.349 e. The first kappa shape index (κ1) is 11.4. The standard InChI is InChI=1S/C10H10N4O2S/c11-13-9-3-1-2-8(10(9)14(15)16)12-7-4-5-17-6-7/h1-6,12-13H,11H2. The summed E-state index contributed by atoms with van der Waals surface area (Å²) in [6.45, 7) is 0. The third kappa shape index (κ3) is 2.35. The van der Waals surface area contributed by atoms with E-state index in [0.29, 0.717) is 5.69 Å². The summed E-state index contributed by atoms with van der Waals surface area (Å²) in [5.41, 5.74) is 3.74. The lowest BCUT2D eigenvalue weighted by molar-refractivity contribution is -0.383. The van der Waals surface area contributed by atoms with Crippen molar-refractivity contribution in [3.8, 4) is 0 Å². The van der Waals surface area contributed by atoms with E-state index in [1.165, 1.54) is 11.3 Å². The fraction of sp³-hybridized carbons (Fsp3) is 0. The number of nitrogens with zero attached hydrogens (tertiary/aromatic N) is 1. The number of nitrogens with two attached hydrogens (primary N) is 1. The zero-order valence-corrected chi connectivity index (χ0v) is 9.53. The number of anilines is 3. The Morgan fingerprint density at radius 1 is 1.29 bits per heavy atom. The molecule has 1 aromatic carbocycles. The monoisotopic (exact) mass is 250 g/mol. The lowest BCUT2D eigenvalue weighted by atomic mass is 10.2. The molecule has 2 rings (SSSR count). The van der Waals surface area contributed by atoms with E-state index >= 15 is 0 Å². The first-order valence-corrected chi connectivity index (χ1v) is 5.70. The highest BCUT2D eigenvalue weighted by molar-refractivity contribution is 7.08. The van der Waals surface area contributed by atoms with Gasteiger partial charge in [0.25, 0.3) is 0 Å². The molecule has 6 nitrogen and oxygen atoms in total. The van der Waals surface area contributed by atoms with Crippen molar-refractivity contribution in [1.82, 2.24) is 0 Å². The number of nitro groups is 1. The van der Waals surface area contributed by atoms with E-state index < -0.39 is 4.92 Å². The van der Waals surface area contributed by atoms with Crippen LogP contribution in [0.3, 0.4) is 0 Å². The number of hydrogen-bond donors (Lipinski definition) is 3. The molecule has 88 valence electrons. The highest BCUT2D eigenvalue weighted by atomic mass is 32.1. The van der Waals surface area contributed by atoms with Crippen molar-refractivity contribution in [2.24, 2.45) is 5.84 Å². The molecule has 0 amide bonds. The van der Waals surface area contributed by atoms with Crippen LogP contribution in [-0.4, -0.2) is 4.92 Å². The molecule has 0 saturated carbocycles. The molecule has 0 fully saturated rings. The molecule has 17 heavy (non-hydrogen) atoms. The quantitative estimate of drug-likeness (QED) is 0.440. The number of nitrogen functional groups attached to an aromatic ring is 1. The fourth-order valence-corrected chi connectivity index (χ4v) is 2.04. The lowest BCUT2D eigenvalue weighted by Gasteiger charge is -2.08. The number of benzene rings is 1. The van der Waals surface area contributed by atoms with Crippen molar-refractivity contribution < 1.29 is 4.92 Å². The van der Waals surface area contributed by atoms with Crippen LogP contribution in [0.2, 0.25) is 0 Å². The van der Waals surface area contributed by atoms with Gasteiger partial charge in [0, 0.05) is 11.1 Å². The van der Waals surface area contributed by atoms with Gasteiger partial charge < -0.3 is 10.7 Å². The molecule has 0 aliphatic rings. The van der Waals surface area contributed by atoms with E-state index in [2.05, 4.69) is 10.7 Å². The van der Waals surface area contributed by atoms with Crippen molar-refractivity contribution in [2.45, 2.75) is 0 Å². The zero-order valence-electron chi connectivity index (χ0n) is 8.71. The normalized spacial score (nSPS) is 9.94. The summed E-state index contributed by atoms with van der Waals surface area (Å²) in [6.07, 6.45) is 0. The summed E-state index contributed by atoms with van der Waals surface area (Å²) < 4.78 is 0. The molecule has 0 saturated heterocycles. The van der Waals surface area contributed by atoms with Gasteiger partial charge in [0.15, 0.2) is 0 Å². The summed E-state index contributed by atoms with van der Waals surface area (Å²) in [4.78, 5) is 10.5. The predicted octanol–water partition coefficient (Wildman–Crippen LogP) is 2.69. The molecule has 0 aliphatic carbocycles. The maximum Gasteiger partial charge on any atom is 0.316 e. The van der Waals surface area contributed by atoms with E-state index in [4.69, 9.17) is 5.84 Å². The zero-order chi connectivity index (χ0) is 12.3. The Balaban J connectivity index is 2.42. The maximum atomic E-state index is 11.0. The van der Waals surface area contributed by atoms with Gasteiger partial charge in [-0.25, -0.2) is 0 Å². The van der Waals surface area contributed by atoms with Crippen molar-refractivity contribution in [3.05, 3.63) is 45.1 Å². The minimum absolute atomic E-state index is 0.0683. The van der Waals surface area contributed by atoms with Crippen molar-refractivity contribution in [2.75, 3.05) is 10.7 Å². The van der Waals surface area contributed by atoms with Gasteiger partial charge in [-0.15, -0.1) is 0 Å². The van der Waals surface area contributed by atoms with Gasteiger partial charge in [-0.3, -0.25) is 16.0 Å². The van der Waals surface area contributed by atoms with Crippen LogP contribution in [0.5, 0.6) is 0 Å². The number of hydrogen-bond acceptors (Lipinski definition) is 6. The SMILES string of the molecule is NNc1cccc(Nc2ccsc2)c1[N+](=O)[O-]. The molecule has 2 aromatic rings. The summed E-state index contributed by atoms with van der Waals surface area (Å²) in [5.74, 6) is 5.25. The first-order valence-electron chi connectivity index (χ1n) is 4.75. The molecule has 0 unspecified atom stereocenters. The minimum Gasteiger partial charge on any atom is -0.349 e. The fourth-order valence-electron chi connectivity index (χ4n) is 1.45. The topological polar surface area (TPSA) is 93.2 Å². The molecule has 1 heterocycles. The van der Waals surface area contributed by atoms with Crippen LogP contribution in [0.4, 0.5) is 22.7 Å². The minimum atomic E-state index is -0.468. The van der Waals surface area contributed by atoms with Gasteiger partial charge in [0.2, 0.25) is 0 Å². The van der Waals surface area contributed by atoms with E-state index in [9.17, 15) is 10.1 Å². The third-order valence-corrected chi connectivity index (χ3v) is 2.86. The Labute approximate surface area is 101 Å². The second kappa shape index (κ2) is 4.81. The molecule has 4 N–H and O–H groups in total. The summed E-state index contributed by atoms with van der Waals surface area (Å²) in [6, 6.07) is 6.72. The lowest BCUT2D eigenvalue weighted by Crippen LogP contribution is -2.10. The van der Waals surface area contributed by atoms with Crippen LogP contribution >= 0.6 is 11.3 Å². The van der Waals surface area contributed by atoms with Crippen LogP contribution in [0.25, 0.3) is 0 Å². The van der Waals surface area contributed by atoms with Crippen LogP contribution in [-0.2, 0) is 0 Å². The Morgan fingerprint density at radius 3 is 2.65 bits per heavy atom. The molecule has 0 atom stereocenters. The van der Waals surface area contributed by atoms with Crippen LogP contribution in [0.15, 0.2) is 35.0 Å². The Hall–Kier alpha value is -2.12. The van der Waals surface area contributed by atoms with Gasteiger partial charge in [0.1, 0.15) is 11.4 Å². The van der Waals surface area contributed by atoms with Gasteiger partial charge >= 0.3 is 5.69 Å². The number of hydrazine groups is 1. The molecule has 0 aliphatic heterocycles. The maximum absolute atomic E-state index is 11.0. The third-order valence-electron chi connectivity index (χ3n) is 2.17. The molecule has 1 aromatic heterocycles. The first-order chi connectivity index (χ1) is 8.22. The second-order valence-electron chi connectivity index (χ2n) is 3.24. The van der Waals surface area contributed by atoms with Crippen molar-refractivity contribution >= 4 is 34.1 Å². The average molecular weight is 250 g/mol. The number of thiophene rings is 1. The summed E-state index contributed by atoms with van der Waals surface area (Å²) in [7, 11) is 0. The highest BCUT2D eigenvalue weighted by Gasteiger charge is 2.19. The average Bonchev–Trinajstić information content (AvgIpc) is 2.81. The van der Waals surface area contributed by atoms with Crippen molar-refractivity contribution in [1.29, 1.82) is 0 Å². The Bertz CT molecular complexity index is 527. The summed E-state index contributed by atoms with van der Waals surface area (Å²) in [5, 5.41) is 17.7. The van der Waals surface area contributed by atoms with Gasteiger partial charge in [-0.1, -0.05) is 6.07 Å². The van der Waals surface area contributed by atoms with Crippen LogP contribution in [0.1, 0.15) is 0 Å². The van der Waals surface area contributed by atoms with Crippen LogP contribution < -0.4 is 16.6 Å². The van der Waals surface area contributed by atoms with E-state index in [0.717, 1.165) is 5.69 Å². The predicted molar refractivity (Wildman–Crippen MR) is 68.5 cm³/mol. The molecule has 7 heteroatoms. The molecule has 0 radical (unpaired) electrons.